The van der Waals surface area contributed by atoms with E-state index in [0.717, 1.165) is 18.8 Å². The van der Waals surface area contributed by atoms with Gasteiger partial charge in [-0.25, -0.2) is 4.79 Å². The molecule has 1 saturated carbocycles. The van der Waals surface area contributed by atoms with Crippen LogP contribution in [0.4, 0.5) is 5.82 Å². The zero-order chi connectivity index (χ0) is 13.0. The molecule has 1 fully saturated rings. The van der Waals surface area contributed by atoms with Gasteiger partial charge in [0, 0.05) is 6.04 Å². The van der Waals surface area contributed by atoms with Crippen molar-refractivity contribution in [3.05, 3.63) is 17.8 Å². The predicted molar refractivity (Wildman–Crippen MR) is 68.7 cm³/mol. The molecule has 0 amide bonds. The van der Waals surface area contributed by atoms with Crippen molar-refractivity contribution in [1.82, 2.24) is 10.2 Å². The van der Waals surface area contributed by atoms with Crippen LogP contribution in [0.1, 0.15) is 49.5 Å². The van der Waals surface area contributed by atoms with Gasteiger partial charge in [0.15, 0.2) is 5.69 Å². The highest BCUT2D eigenvalue weighted by molar-refractivity contribution is 5.85. The number of carboxylic acids is 1. The molecule has 0 aromatic carbocycles. The predicted octanol–water partition coefficient (Wildman–Crippen LogP) is 2.56. The molecular formula is C13H19N3O2. The first-order valence-electron chi connectivity index (χ1n) is 6.52. The van der Waals surface area contributed by atoms with Gasteiger partial charge in [0.1, 0.15) is 5.82 Å². The van der Waals surface area contributed by atoms with Crippen LogP contribution in [0.5, 0.6) is 0 Å². The Morgan fingerprint density at radius 3 is 2.56 bits per heavy atom. The van der Waals surface area contributed by atoms with Crippen molar-refractivity contribution in [2.45, 2.75) is 45.1 Å². The van der Waals surface area contributed by atoms with Gasteiger partial charge in [0.25, 0.3) is 0 Å². The van der Waals surface area contributed by atoms with Gasteiger partial charge in [-0.3, -0.25) is 0 Å². The first-order valence-corrected chi connectivity index (χ1v) is 6.52. The van der Waals surface area contributed by atoms with E-state index >= 15 is 0 Å². The number of carboxylic acid groups (broad SMARTS) is 1. The van der Waals surface area contributed by atoms with E-state index in [1.807, 2.05) is 0 Å². The van der Waals surface area contributed by atoms with Crippen LogP contribution in [0.15, 0.2) is 12.1 Å². The zero-order valence-corrected chi connectivity index (χ0v) is 10.6. The van der Waals surface area contributed by atoms with Crippen LogP contribution in [-0.2, 0) is 0 Å². The second-order valence-electron chi connectivity index (χ2n) is 4.88. The fourth-order valence-electron chi connectivity index (χ4n) is 2.45. The van der Waals surface area contributed by atoms with Crippen molar-refractivity contribution in [1.29, 1.82) is 0 Å². The van der Waals surface area contributed by atoms with E-state index < -0.39 is 5.97 Å². The second kappa shape index (κ2) is 5.80. The molecule has 1 heterocycles. The fraction of sp³-hybridized carbons (Fsp3) is 0.615. The number of hydrogen-bond donors (Lipinski definition) is 2. The molecule has 5 nitrogen and oxygen atoms in total. The van der Waals surface area contributed by atoms with Gasteiger partial charge in [-0.05, 0) is 43.7 Å². The van der Waals surface area contributed by atoms with Crippen LogP contribution in [-0.4, -0.2) is 27.3 Å². The molecule has 2 N–H and O–H groups in total. The number of rotatable bonds is 4. The lowest BCUT2D eigenvalue weighted by molar-refractivity contribution is 0.0689. The van der Waals surface area contributed by atoms with E-state index in [0.29, 0.717) is 11.9 Å². The van der Waals surface area contributed by atoms with E-state index in [9.17, 15) is 4.79 Å². The summed E-state index contributed by atoms with van der Waals surface area (Å²) in [4.78, 5) is 10.6. The van der Waals surface area contributed by atoms with Crippen molar-refractivity contribution in [3.8, 4) is 0 Å². The van der Waals surface area contributed by atoms with Gasteiger partial charge in [0.2, 0.25) is 0 Å². The molecule has 0 unspecified atom stereocenters. The lowest BCUT2D eigenvalue weighted by Gasteiger charge is -2.28. The largest absolute Gasteiger partial charge is 0.476 e. The van der Waals surface area contributed by atoms with Gasteiger partial charge >= 0.3 is 5.97 Å². The Morgan fingerprint density at radius 1 is 1.33 bits per heavy atom. The van der Waals surface area contributed by atoms with Gasteiger partial charge in [-0.15, -0.1) is 10.2 Å². The Morgan fingerprint density at radius 2 is 2.06 bits per heavy atom. The number of aromatic nitrogens is 2. The minimum atomic E-state index is -1.04. The van der Waals surface area contributed by atoms with E-state index in [1.54, 1.807) is 6.07 Å². The van der Waals surface area contributed by atoms with Gasteiger partial charge in [-0.1, -0.05) is 13.3 Å². The molecule has 0 atom stereocenters. The summed E-state index contributed by atoms with van der Waals surface area (Å²) in [5.74, 6) is 0.487. The normalized spacial score (nSPS) is 23.6. The van der Waals surface area contributed by atoms with Crippen LogP contribution in [0, 0.1) is 5.92 Å². The smallest absolute Gasteiger partial charge is 0.356 e. The summed E-state index contributed by atoms with van der Waals surface area (Å²) in [6, 6.07) is 3.61. The summed E-state index contributed by atoms with van der Waals surface area (Å²) in [5, 5.41) is 19.6. The highest BCUT2D eigenvalue weighted by atomic mass is 16.4. The second-order valence-corrected chi connectivity index (χ2v) is 4.88. The molecule has 0 bridgehead atoms. The third kappa shape index (κ3) is 3.18. The summed E-state index contributed by atoms with van der Waals surface area (Å²) in [7, 11) is 0. The van der Waals surface area contributed by atoms with Gasteiger partial charge in [-0.2, -0.15) is 0 Å². The fourth-order valence-corrected chi connectivity index (χ4v) is 2.45. The molecule has 1 aliphatic carbocycles. The van der Waals surface area contributed by atoms with E-state index in [2.05, 4.69) is 22.4 Å². The number of aromatic carboxylic acids is 1. The summed E-state index contributed by atoms with van der Waals surface area (Å²) < 4.78 is 0. The van der Waals surface area contributed by atoms with Gasteiger partial charge in [0.05, 0.1) is 0 Å². The summed E-state index contributed by atoms with van der Waals surface area (Å²) in [6.45, 7) is 2.24. The molecular weight excluding hydrogens is 230 g/mol. The van der Waals surface area contributed by atoms with Gasteiger partial charge < -0.3 is 10.4 Å². The third-order valence-electron chi connectivity index (χ3n) is 3.66. The van der Waals surface area contributed by atoms with E-state index in [1.165, 1.54) is 25.3 Å². The third-order valence-corrected chi connectivity index (χ3v) is 3.66. The maximum absolute atomic E-state index is 10.6. The van der Waals surface area contributed by atoms with Crippen molar-refractivity contribution < 1.29 is 9.90 Å². The maximum Gasteiger partial charge on any atom is 0.356 e. The average Bonchev–Trinajstić information content (AvgIpc) is 2.40. The van der Waals surface area contributed by atoms with Crippen LogP contribution < -0.4 is 5.32 Å². The molecule has 1 aliphatic rings. The molecule has 0 aliphatic heterocycles. The topological polar surface area (TPSA) is 75.1 Å². The molecule has 0 saturated heterocycles. The Labute approximate surface area is 107 Å². The number of nitrogens with one attached hydrogen (secondary N) is 1. The molecule has 18 heavy (non-hydrogen) atoms. The molecule has 2 rings (SSSR count). The Kier molecular flexibility index (Phi) is 4.12. The Bertz CT molecular complexity index is 397. The van der Waals surface area contributed by atoms with Crippen molar-refractivity contribution in [2.24, 2.45) is 5.92 Å². The van der Waals surface area contributed by atoms with E-state index in [4.69, 9.17) is 5.11 Å². The zero-order valence-electron chi connectivity index (χ0n) is 10.6. The minimum Gasteiger partial charge on any atom is -0.476 e. The first-order chi connectivity index (χ1) is 8.69. The molecule has 0 spiro atoms. The molecule has 1 aromatic rings. The number of hydrogen-bond acceptors (Lipinski definition) is 4. The molecule has 1 aromatic heterocycles. The number of carbonyl (C=O) groups is 1. The highest BCUT2D eigenvalue weighted by Gasteiger charge is 2.20. The average molecular weight is 249 g/mol. The number of nitrogens with zero attached hydrogens (tertiary/aromatic N) is 2. The lowest BCUT2D eigenvalue weighted by atomic mass is 9.84. The molecule has 0 radical (unpaired) electrons. The first kappa shape index (κ1) is 12.8. The maximum atomic E-state index is 10.6. The molecule has 5 heteroatoms. The lowest BCUT2D eigenvalue weighted by Crippen LogP contribution is -2.26. The highest BCUT2D eigenvalue weighted by Crippen LogP contribution is 2.27. The van der Waals surface area contributed by atoms with Crippen LogP contribution >= 0.6 is 0 Å². The van der Waals surface area contributed by atoms with Crippen LogP contribution in [0.3, 0.4) is 0 Å². The standard InChI is InChI=1S/C13H19N3O2/c1-2-9-3-5-10(6-4-9)14-12-8-7-11(13(17)18)15-16-12/h7-10H,2-6H2,1H3,(H,14,16)(H,17,18). The van der Waals surface area contributed by atoms with Crippen LogP contribution in [0.2, 0.25) is 0 Å². The summed E-state index contributed by atoms with van der Waals surface area (Å²) >= 11 is 0. The summed E-state index contributed by atoms with van der Waals surface area (Å²) in [5.41, 5.74) is -0.0183. The quantitative estimate of drug-likeness (QED) is 0.857. The van der Waals surface area contributed by atoms with Crippen LogP contribution in [0.25, 0.3) is 0 Å². The minimum absolute atomic E-state index is 0.0183. The Hall–Kier alpha value is -1.65. The van der Waals surface area contributed by atoms with Crippen molar-refractivity contribution >= 4 is 11.8 Å². The Balaban J connectivity index is 1.88. The van der Waals surface area contributed by atoms with Crippen molar-refractivity contribution in [3.63, 3.8) is 0 Å². The monoisotopic (exact) mass is 249 g/mol. The van der Waals surface area contributed by atoms with Crippen molar-refractivity contribution in [2.75, 3.05) is 5.32 Å². The number of anilines is 1. The SMILES string of the molecule is CCC1CCC(Nc2ccc(C(=O)O)nn2)CC1. The molecule has 98 valence electrons. The summed E-state index contributed by atoms with van der Waals surface area (Å²) in [6.07, 6.45) is 6.09. The van der Waals surface area contributed by atoms with E-state index in [-0.39, 0.29) is 5.69 Å².